The van der Waals surface area contributed by atoms with Gasteiger partial charge in [0.1, 0.15) is 5.75 Å². The minimum Gasteiger partial charge on any atom is -0.485 e. The molecule has 1 heterocycles. The summed E-state index contributed by atoms with van der Waals surface area (Å²) in [4.78, 5) is 15.6. The molecule has 4 rings (SSSR count). The van der Waals surface area contributed by atoms with E-state index in [1.807, 2.05) is 66.7 Å². The Bertz CT molecular complexity index is 995. The maximum atomic E-state index is 12.5. The lowest BCUT2D eigenvalue weighted by Gasteiger charge is -2.08. The summed E-state index contributed by atoms with van der Waals surface area (Å²) < 4.78 is 5.79. The molecule has 0 fully saturated rings. The second kappa shape index (κ2) is 5.61. The van der Waals surface area contributed by atoms with Crippen molar-refractivity contribution in [2.45, 2.75) is 0 Å². The van der Waals surface area contributed by atoms with Gasteiger partial charge in [0.05, 0.1) is 0 Å². The molecular formula is C20H15NO2. The third kappa shape index (κ3) is 2.46. The lowest BCUT2D eigenvalue weighted by molar-refractivity contribution is 0.0924. The predicted octanol–water partition coefficient (Wildman–Crippen LogP) is 4.58. The van der Waals surface area contributed by atoms with Crippen molar-refractivity contribution >= 4 is 27.5 Å². The lowest BCUT2D eigenvalue weighted by atomic mass is 10.1. The van der Waals surface area contributed by atoms with E-state index in [0.717, 1.165) is 27.4 Å². The van der Waals surface area contributed by atoms with Crippen LogP contribution in [0, 0.1) is 0 Å². The molecule has 0 aliphatic heterocycles. The molecule has 3 heteroatoms. The minimum absolute atomic E-state index is 0.0237. The first-order valence-corrected chi connectivity index (χ1v) is 7.53. The van der Waals surface area contributed by atoms with Crippen molar-refractivity contribution in [2.75, 3.05) is 6.61 Å². The van der Waals surface area contributed by atoms with Gasteiger partial charge in [-0.2, -0.15) is 0 Å². The maximum absolute atomic E-state index is 12.5. The summed E-state index contributed by atoms with van der Waals surface area (Å²) >= 11 is 0. The normalized spacial score (nSPS) is 11.0. The van der Waals surface area contributed by atoms with Gasteiger partial charge in [0.2, 0.25) is 5.78 Å². The largest absolute Gasteiger partial charge is 0.485 e. The molecule has 1 N–H and O–H groups in total. The number of rotatable bonds is 4. The van der Waals surface area contributed by atoms with Gasteiger partial charge in [-0.25, -0.2) is 0 Å². The molecule has 3 nitrogen and oxygen atoms in total. The fourth-order valence-corrected chi connectivity index (χ4v) is 2.84. The highest BCUT2D eigenvalue weighted by Crippen LogP contribution is 2.25. The smallest absolute Gasteiger partial charge is 0.202 e. The van der Waals surface area contributed by atoms with E-state index >= 15 is 0 Å². The van der Waals surface area contributed by atoms with Crippen LogP contribution in [0.3, 0.4) is 0 Å². The van der Waals surface area contributed by atoms with Crippen LogP contribution >= 0.6 is 0 Å². The number of hydrogen-bond donors (Lipinski definition) is 1. The van der Waals surface area contributed by atoms with Crippen molar-refractivity contribution in [3.05, 3.63) is 78.5 Å². The summed E-state index contributed by atoms with van der Waals surface area (Å²) in [5.74, 6) is 0.701. The van der Waals surface area contributed by atoms with Gasteiger partial charge >= 0.3 is 0 Å². The van der Waals surface area contributed by atoms with Crippen LogP contribution in [-0.2, 0) is 0 Å². The summed E-state index contributed by atoms with van der Waals surface area (Å²) in [7, 11) is 0. The molecule has 0 aliphatic carbocycles. The Morgan fingerprint density at radius 3 is 2.52 bits per heavy atom. The number of H-pyrrole nitrogens is 1. The van der Waals surface area contributed by atoms with E-state index in [9.17, 15) is 4.79 Å². The third-order valence-electron chi connectivity index (χ3n) is 4.00. The Morgan fingerprint density at radius 2 is 1.61 bits per heavy atom. The van der Waals surface area contributed by atoms with E-state index in [1.54, 1.807) is 6.20 Å². The minimum atomic E-state index is -0.0321. The van der Waals surface area contributed by atoms with E-state index in [2.05, 4.69) is 4.98 Å². The van der Waals surface area contributed by atoms with Gasteiger partial charge in [-0.15, -0.1) is 0 Å². The summed E-state index contributed by atoms with van der Waals surface area (Å²) in [6, 6.07) is 21.6. The number of nitrogens with one attached hydrogen (secondary N) is 1. The van der Waals surface area contributed by atoms with E-state index in [-0.39, 0.29) is 12.4 Å². The first-order valence-electron chi connectivity index (χ1n) is 7.53. The van der Waals surface area contributed by atoms with Crippen molar-refractivity contribution in [2.24, 2.45) is 0 Å². The van der Waals surface area contributed by atoms with Gasteiger partial charge in [-0.3, -0.25) is 4.79 Å². The van der Waals surface area contributed by atoms with E-state index in [0.29, 0.717) is 5.56 Å². The van der Waals surface area contributed by atoms with Gasteiger partial charge in [0.25, 0.3) is 0 Å². The zero-order chi connectivity index (χ0) is 15.6. The number of hydrogen-bond acceptors (Lipinski definition) is 2. The van der Waals surface area contributed by atoms with Crippen LogP contribution < -0.4 is 4.74 Å². The number of carbonyl (C=O) groups is 1. The SMILES string of the molecule is O=C(COc1cccc2ccccc12)c1c[nH]c2ccccc12. The molecule has 4 aromatic rings. The van der Waals surface area contributed by atoms with E-state index in [1.165, 1.54) is 0 Å². The molecule has 0 amide bonds. The number of benzene rings is 3. The standard InChI is InChI=1S/C20H15NO2/c22-19(17-12-21-18-10-4-3-9-16(17)18)13-23-20-11-5-7-14-6-1-2-8-15(14)20/h1-12,21H,13H2. The predicted molar refractivity (Wildman–Crippen MR) is 92.1 cm³/mol. The highest BCUT2D eigenvalue weighted by Gasteiger charge is 2.13. The molecule has 0 spiro atoms. The van der Waals surface area contributed by atoms with Crippen molar-refractivity contribution in [1.29, 1.82) is 0 Å². The lowest BCUT2D eigenvalue weighted by Crippen LogP contribution is -2.11. The van der Waals surface area contributed by atoms with Gasteiger partial charge < -0.3 is 9.72 Å². The Morgan fingerprint density at radius 1 is 0.870 bits per heavy atom. The topological polar surface area (TPSA) is 42.1 Å². The van der Waals surface area contributed by atoms with Crippen LogP contribution in [0.1, 0.15) is 10.4 Å². The third-order valence-corrected chi connectivity index (χ3v) is 4.00. The van der Waals surface area contributed by atoms with E-state index < -0.39 is 0 Å². The average molecular weight is 301 g/mol. The van der Waals surface area contributed by atoms with Crippen LogP contribution in [0.5, 0.6) is 5.75 Å². The zero-order valence-electron chi connectivity index (χ0n) is 12.5. The molecule has 3 aromatic carbocycles. The summed E-state index contributed by atoms with van der Waals surface area (Å²) in [5.41, 5.74) is 1.63. The van der Waals surface area contributed by atoms with Crippen molar-refractivity contribution in [3.8, 4) is 5.75 Å². The molecule has 1 aromatic heterocycles. The number of para-hydroxylation sites is 1. The number of Topliss-reactive ketones (excluding diaryl/α,β-unsaturated/α-hetero) is 1. The molecule has 0 atom stereocenters. The Labute approximate surface area is 133 Å². The monoisotopic (exact) mass is 301 g/mol. The first-order chi connectivity index (χ1) is 11.3. The number of aromatic nitrogens is 1. The van der Waals surface area contributed by atoms with Crippen molar-refractivity contribution in [1.82, 2.24) is 4.98 Å². The number of fused-ring (bicyclic) bond motifs is 2. The highest BCUT2D eigenvalue weighted by molar-refractivity contribution is 6.08. The van der Waals surface area contributed by atoms with Crippen LogP contribution in [0.15, 0.2) is 72.9 Å². The molecule has 0 unspecified atom stereocenters. The summed E-state index contributed by atoms with van der Waals surface area (Å²) in [6.45, 7) is 0.0237. The van der Waals surface area contributed by atoms with Crippen LogP contribution in [0.2, 0.25) is 0 Å². The number of aromatic amines is 1. The zero-order valence-corrected chi connectivity index (χ0v) is 12.5. The molecule has 0 saturated heterocycles. The summed E-state index contributed by atoms with van der Waals surface area (Å²) in [6.07, 6.45) is 1.75. The van der Waals surface area contributed by atoms with Crippen molar-refractivity contribution < 1.29 is 9.53 Å². The van der Waals surface area contributed by atoms with Crippen molar-refractivity contribution in [3.63, 3.8) is 0 Å². The van der Waals surface area contributed by atoms with E-state index in [4.69, 9.17) is 4.74 Å². The molecule has 0 aliphatic rings. The molecule has 23 heavy (non-hydrogen) atoms. The Kier molecular flexibility index (Phi) is 3.31. The number of carbonyl (C=O) groups excluding carboxylic acids is 1. The average Bonchev–Trinajstić information content (AvgIpc) is 3.04. The quantitative estimate of drug-likeness (QED) is 0.560. The highest BCUT2D eigenvalue weighted by atomic mass is 16.5. The van der Waals surface area contributed by atoms with Gasteiger partial charge in [-0.05, 0) is 17.5 Å². The summed E-state index contributed by atoms with van der Waals surface area (Å²) in [5, 5.41) is 3.05. The van der Waals surface area contributed by atoms with Crippen LogP contribution in [0.4, 0.5) is 0 Å². The van der Waals surface area contributed by atoms with Gasteiger partial charge in [0, 0.05) is 28.0 Å². The Hall–Kier alpha value is -3.07. The molecule has 0 bridgehead atoms. The van der Waals surface area contributed by atoms with Gasteiger partial charge in [-0.1, -0.05) is 54.6 Å². The first kappa shape index (κ1) is 13.6. The number of ketones is 1. The second-order valence-corrected chi connectivity index (χ2v) is 5.44. The fourth-order valence-electron chi connectivity index (χ4n) is 2.84. The molecule has 0 radical (unpaired) electrons. The Balaban J connectivity index is 1.60. The van der Waals surface area contributed by atoms with Crippen LogP contribution in [0.25, 0.3) is 21.7 Å². The van der Waals surface area contributed by atoms with Gasteiger partial charge in [0.15, 0.2) is 6.61 Å². The molecule has 112 valence electrons. The number of ether oxygens (including phenoxy) is 1. The fraction of sp³-hybridized carbons (Fsp3) is 0.0500. The molecular weight excluding hydrogens is 286 g/mol. The van der Waals surface area contributed by atoms with Crippen LogP contribution in [-0.4, -0.2) is 17.4 Å². The maximum Gasteiger partial charge on any atom is 0.202 e. The second-order valence-electron chi connectivity index (χ2n) is 5.44. The molecule has 0 saturated carbocycles.